The van der Waals surface area contributed by atoms with Gasteiger partial charge in [-0.2, -0.15) is 5.10 Å². The molecule has 0 fully saturated rings. The van der Waals surface area contributed by atoms with Gasteiger partial charge < -0.3 is 14.8 Å². The number of anilines is 1. The Morgan fingerprint density at radius 3 is 2.88 bits per heavy atom. The zero-order chi connectivity index (χ0) is 11.5. The number of furan rings is 1. The molecule has 0 saturated carbocycles. The van der Waals surface area contributed by atoms with Crippen LogP contribution in [-0.2, 0) is 0 Å². The van der Waals surface area contributed by atoms with Crippen molar-refractivity contribution in [1.29, 1.82) is 0 Å². The zero-order valence-electron chi connectivity index (χ0n) is 7.93. The fourth-order valence-corrected chi connectivity index (χ4v) is 1.08. The predicted molar refractivity (Wildman–Crippen MR) is 52.2 cm³/mol. The van der Waals surface area contributed by atoms with Crippen LogP contribution < -0.4 is 5.32 Å². The lowest BCUT2D eigenvalue weighted by atomic mass is 10.3. The van der Waals surface area contributed by atoms with Crippen molar-refractivity contribution < 1.29 is 19.1 Å². The normalized spacial score (nSPS) is 10.0. The van der Waals surface area contributed by atoms with Gasteiger partial charge in [-0.15, -0.1) is 0 Å². The summed E-state index contributed by atoms with van der Waals surface area (Å²) in [5, 5.41) is 16.9. The number of nitrogens with one attached hydrogen (secondary N) is 2. The molecule has 0 atom stereocenters. The Morgan fingerprint density at radius 1 is 1.50 bits per heavy atom. The first-order chi connectivity index (χ1) is 7.66. The van der Waals surface area contributed by atoms with E-state index in [1.54, 1.807) is 0 Å². The summed E-state index contributed by atoms with van der Waals surface area (Å²) in [7, 11) is 0. The van der Waals surface area contributed by atoms with Gasteiger partial charge in [-0.3, -0.25) is 9.89 Å². The van der Waals surface area contributed by atoms with Crippen LogP contribution in [0.4, 0.5) is 5.82 Å². The van der Waals surface area contributed by atoms with Crippen molar-refractivity contribution in [2.45, 2.75) is 0 Å². The number of nitrogens with zero attached hydrogens (tertiary/aromatic N) is 1. The first-order valence-electron chi connectivity index (χ1n) is 4.29. The average Bonchev–Trinajstić information content (AvgIpc) is 2.87. The lowest BCUT2D eigenvalue weighted by molar-refractivity contribution is 0.0690. The Kier molecular flexibility index (Phi) is 2.42. The summed E-state index contributed by atoms with van der Waals surface area (Å²) >= 11 is 0. The summed E-state index contributed by atoms with van der Waals surface area (Å²) < 4.78 is 4.73. The quantitative estimate of drug-likeness (QED) is 0.715. The number of hydrogen-bond acceptors (Lipinski definition) is 4. The highest BCUT2D eigenvalue weighted by Gasteiger charge is 2.11. The maximum Gasteiger partial charge on any atom is 0.353 e. The van der Waals surface area contributed by atoms with Gasteiger partial charge in [0, 0.05) is 6.07 Å². The summed E-state index contributed by atoms with van der Waals surface area (Å²) in [6, 6.07) is 2.71. The van der Waals surface area contributed by atoms with E-state index in [2.05, 4.69) is 15.5 Å². The highest BCUT2D eigenvalue weighted by Crippen LogP contribution is 2.08. The Balaban J connectivity index is 2.09. The second-order valence-corrected chi connectivity index (χ2v) is 2.94. The Labute approximate surface area is 89.1 Å². The molecule has 0 bridgehead atoms. The number of carbonyl (C=O) groups is 2. The number of hydrogen-bond donors (Lipinski definition) is 3. The molecule has 2 aromatic rings. The van der Waals surface area contributed by atoms with Crippen molar-refractivity contribution in [2.24, 2.45) is 0 Å². The summed E-state index contributed by atoms with van der Waals surface area (Å²) in [6.45, 7) is 0. The number of carboxylic acids is 1. The SMILES string of the molecule is O=C(Nc1cc(C(=O)O)[nH]n1)c1ccoc1. The van der Waals surface area contributed by atoms with Crippen molar-refractivity contribution in [2.75, 3.05) is 5.32 Å². The van der Waals surface area contributed by atoms with Crippen LogP contribution in [0.15, 0.2) is 29.1 Å². The van der Waals surface area contributed by atoms with Gasteiger partial charge in [0.15, 0.2) is 5.82 Å². The fraction of sp³-hybridized carbons (Fsp3) is 0. The van der Waals surface area contributed by atoms with Gasteiger partial charge >= 0.3 is 5.97 Å². The molecule has 82 valence electrons. The van der Waals surface area contributed by atoms with Crippen LogP contribution in [0.2, 0.25) is 0 Å². The Hall–Kier alpha value is -2.57. The molecule has 1 amide bonds. The van der Waals surface area contributed by atoms with Gasteiger partial charge in [-0.1, -0.05) is 0 Å². The van der Waals surface area contributed by atoms with E-state index < -0.39 is 11.9 Å². The molecule has 0 unspecified atom stereocenters. The molecular formula is C9H7N3O4. The van der Waals surface area contributed by atoms with Crippen LogP contribution in [0.5, 0.6) is 0 Å². The van der Waals surface area contributed by atoms with E-state index in [1.807, 2.05) is 0 Å². The van der Waals surface area contributed by atoms with Crippen LogP contribution in [0.3, 0.4) is 0 Å². The summed E-state index contributed by atoms with van der Waals surface area (Å²) in [6.07, 6.45) is 2.64. The number of aromatic amines is 1. The first kappa shape index (κ1) is 9.97. The van der Waals surface area contributed by atoms with Gasteiger partial charge in [0.25, 0.3) is 5.91 Å². The molecule has 0 aliphatic heterocycles. The lowest BCUT2D eigenvalue weighted by Crippen LogP contribution is -2.10. The smallest absolute Gasteiger partial charge is 0.353 e. The summed E-state index contributed by atoms with van der Waals surface area (Å²) in [4.78, 5) is 22.0. The predicted octanol–water partition coefficient (Wildman–Crippen LogP) is 0.953. The van der Waals surface area contributed by atoms with E-state index in [4.69, 9.17) is 9.52 Å². The molecule has 0 aliphatic carbocycles. The van der Waals surface area contributed by atoms with Crippen LogP contribution in [-0.4, -0.2) is 27.2 Å². The van der Waals surface area contributed by atoms with Crippen molar-refractivity contribution >= 4 is 17.7 Å². The van der Waals surface area contributed by atoms with E-state index >= 15 is 0 Å². The topological polar surface area (TPSA) is 108 Å². The molecular weight excluding hydrogens is 214 g/mol. The van der Waals surface area contributed by atoms with E-state index in [1.165, 1.54) is 24.7 Å². The Morgan fingerprint density at radius 2 is 2.31 bits per heavy atom. The number of carbonyl (C=O) groups excluding carboxylic acids is 1. The number of aromatic nitrogens is 2. The molecule has 2 rings (SSSR count). The van der Waals surface area contributed by atoms with E-state index in [9.17, 15) is 9.59 Å². The molecule has 2 aromatic heterocycles. The van der Waals surface area contributed by atoms with Crippen LogP contribution in [0.25, 0.3) is 0 Å². The third-order valence-corrected chi connectivity index (χ3v) is 1.83. The molecule has 0 aliphatic rings. The molecule has 0 aromatic carbocycles. The van der Waals surface area contributed by atoms with E-state index in [-0.39, 0.29) is 11.5 Å². The number of carboxylic acid groups (broad SMARTS) is 1. The molecule has 7 nitrogen and oxygen atoms in total. The van der Waals surface area contributed by atoms with Gasteiger partial charge in [-0.25, -0.2) is 4.79 Å². The number of rotatable bonds is 3. The molecule has 16 heavy (non-hydrogen) atoms. The maximum absolute atomic E-state index is 11.5. The number of aromatic carboxylic acids is 1. The maximum atomic E-state index is 11.5. The third kappa shape index (κ3) is 1.92. The van der Waals surface area contributed by atoms with Crippen LogP contribution >= 0.6 is 0 Å². The minimum absolute atomic E-state index is 0.0949. The van der Waals surface area contributed by atoms with Crippen LogP contribution in [0.1, 0.15) is 20.8 Å². The summed E-state index contributed by atoms with van der Waals surface area (Å²) in [5.74, 6) is -1.42. The molecule has 7 heteroatoms. The second-order valence-electron chi connectivity index (χ2n) is 2.94. The minimum atomic E-state index is -1.14. The van der Waals surface area contributed by atoms with Crippen molar-refractivity contribution in [3.63, 3.8) is 0 Å². The first-order valence-corrected chi connectivity index (χ1v) is 4.29. The van der Waals surface area contributed by atoms with E-state index in [0.29, 0.717) is 5.56 Å². The van der Waals surface area contributed by atoms with Gasteiger partial charge in [0.05, 0.1) is 11.8 Å². The Bertz CT molecular complexity index is 515. The largest absolute Gasteiger partial charge is 0.477 e. The molecule has 0 spiro atoms. The third-order valence-electron chi connectivity index (χ3n) is 1.83. The van der Waals surface area contributed by atoms with Gasteiger partial charge in [-0.05, 0) is 6.07 Å². The number of H-pyrrole nitrogens is 1. The number of amides is 1. The fourth-order valence-electron chi connectivity index (χ4n) is 1.08. The lowest BCUT2D eigenvalue weighted by Gasteiger charge is -1.96. The van der Waals surface area contributed by atoms with Crippen LogP contribution in [0, 0.1) is 0 Å². The van der Waals surface area contributed by atoms with Crippen molar-refractivity contribution in [1.82, 2.24) is 10.2 Å². The van der Waals surface area contributed by atoms with E-state index in [0.717, 1.165) is 0 Å². The molecule has 0 saturated heterocycles. The average molecular weight is 221 g/mol. The molecule has 3 N–H and O–H groups in total. The monoisotopic (exact) mass is 221 g/mol. The highest BCUT2D eigenvalue weighted by atomic mass is 16.4. The zero-order valence-corrected chi connectivity index (χ0v) is 7.93. The standard InChI is InChI=1S/C9H7N3O4/c13-8(5-1-2-16-4-5)10-7-3-6(9(14)15)11-12-7/h1-4H,(H,14,15)(H2,10,11,12,13). The molecule has 0 radical (unpaired) electrons. The minimum Gasteiger partial charge on any atom is -0.477 e. The van der Waals surface area contributed by atoms with Crippen molar-refractivity contribution in [3.05, 3.63) is 35.9 Å². The summed E-state index contributed by atoms with van der Waals surface area (Å²) in [5.41, 5.74) is 0.238. The highest BCUT2D eigenvalue weighted by molar-refractivity contribution is 6.03. The second kappa shape index (κ2) is 3.89. The van der Waals surface area contributed by atoms with Gasteiger partial charge in [0.2, 0.25) is 0 Å². The molecule has 2 heterocycles. The van der Waals surface area contributed by atoms with Gasteiger partial charge in [0.1, 0.15) is 12.0 Å². The van der Waals surface area contributed by atoms with Crippen molar-refractivity contribution in [3.8, 4) is 0 Å².